The predicted octanol–water partition coefficient (Wildman–Crippen LogP) is 5.28. The number of allylic oxidation sites excluding steroid dienone is 1. The van der Waals surface area contributed by atoms with Gasteiger partial charge in [0.15, 0.2) is 5.69 Å². The summed E-state index contributed by atoms with van der Waals surface area (Å²) < 4.78 is 41.6. The third-order valence-electron chi connectivity index (χ3n) is 7.49. The molecule has 2 bridgehead atoms. The average Bonchev–Trinajstić information content (AvgIpc) is 3.73. The summed E-state index contributed by atoms with van der Waals surface area (Å²) in [6, 6.07) is 11.8. The highest BCUT2D eigenvalue weighted by Crippen LogP contribution is 2.41. The fourth-order valence-corrected chi connectivity index (χ4v) is 5.54. The molecular formula is C28H31F2N3O5. The molecule has 2 aromatic rings. The fourth-order valence-electron chi connectivity index (χ4n) is 5.54. The second-order valence-corrected chi connectivity index (χ2v) is 9.96. The third-order valence-corrected chi connectivity index (χ3v) is 7.49. The summed E-state index contributed by atoms with van der Waals surface area (Å²) in [5.41, 5.74) is 0.683. The lowest BCUT2D eigenvalue weighted by Gasteiger charge is -2.39. The first-order valence-electron chi connectivity index (χ1n) is 12.9. The van der Waals surface area contributed by atoms with Crippen LogP contribution in [0.15, 0.2) is 53.8 Å². The molecule has 2 aliphatic heterocycles. The summed E-state index contributed by atoms with van der Waals surface area (Å²) in [7, 11) is 1.33. The van der Waals surface area contributed by atoms with Crippen molar-refractivity contribution in [3.05, 3.63) is 65.1 Å². The van der Waals surface area contributed by atoms with E-state index in [1.165, 1.54) is 19.2 Å². The summed E-state index contributed by atoms with van der Waals surface area (Å²) in [6.07, 6.45) is 4.94. The van der Waals surface area contributed by atoms with Crippen molar-refractivity contribution >= 4 is 17.5 Å². The molecule has 1 aromatic carbocycles. The second-order valence-electron chi connectivity index (χ2n) is 9.96. The number of hydrogen-bond donors (Lipinski definition) is 2. The lowest BCUT2D eigenvalue weighted by Crippen LogP contribution is -2.46. The number of carbonyl (C=O) groups is 1. The molecule has 3 heterocycles. The van der Waals surface area contributed by atoms with Crippen molar-refractivity contribution in [1.82, 2.24) is 4.98 Å². The zero-order valence-corrected chi connectivity index (χ0v) is 21.1. The smallest absolute Gasteiger partial charge is 0.387 e. The Balaban J connectivity index is 1.30. The number of fused-ring (bicyclic) bond motifs is 2. The van der Waals surface area contributed by atoms with Gasteiger partial charge in [-0.25, -0.2) is 9.78 Å². The molecule has 202 valence electrons. The predicted molar refractivity (Wildman–Crippen MR) is 136 cm³/mol. The Kier molecular flexibility index (Phi) is 7.60. The lowest BCUT2D eigenvalue weighted by atomic mass is 9.98. The number of methoxy groups -OCH3 is 1. The van der Waals surface area contributed by atoms with E-state index in [9.17, 15) is 18.7 Å². The van der Waals surface area contributed by atoms with E-state index in [1.807, 2.05) is 6.07 Å². The first-order chi connectivity index (χ1) is 18.4. The minimum absolute atomic E-state index is 0.00433. The standard InChI is InChI=1S/C28H31F2N3O5/c1-36-27(35)22-6-4-8-24(32-22)33-17-11-12-18(33)14-19(13-17)37-15-21(26(34)16-9-10-16)25(31)20-5-2-3-7-23(20)38-28(29)30/h2-8,16-19,28,31,34H,9-15H2,1H3/b26-21-,31-25?/t17-,18?,19?/m0/s1. The van der Waals surface area contributed by atoms with Crippen LogP contribution in [-0.2, 0) is 9.47 Å². The SMILES string of the molecule is COC(=O)c1cccc(N2C3CC[C@H]2CC(OC/C(C(=N)c2ccccc2OC(F)F)=C(/O)C2CC2)C3)n1. The number of hydrogen-bond acceptors (Lipinski definition) is 8. The van der Waals surface area contributed by atoms with Crippen LogP contribution in [0, 0.1) is 11.3 Å². The largest absolute Gasteiger partial charge is 0.512 e. The zero-order chi connectivity index (χ0) is 26.8. The van der Waals surface area contributed by atoms with Crippen LogP contribution >= 0.6 is 0 Å². The molecule has 0 amide bonds. The van der Waals surface area contributed by atoms with Crippen LogP contribution in [0.1, 0.15) is 54.6 Å². The molecule has 0 spiro atoms. The molecular weight excluding hydrogens is 496 g/mol. The van der Waals surface area contributed by atoms with E-state index in [4.69, 9.17) is 14.9 Å². The number of aromatic nitrogens is 1. The summed E-state index contributed by atoms with van der Waals surface area (Å²) in [6.45, 7) is -3.02. The maximum atomic E-state index is 13.0. The molecule has 8 nitrogen and oxygen atoms in total. The van der Waals surface area contributed by atoms with Crippen LogP contribution in [-0.4, -0.2) is 60.3 Å². The van der Waals surface area contributed by atoms with Crippen molar-refractivity contribution in [2.24, 2.45) is 5.92 Å². The minimum Gasteiger partial charge on any atom is -0.512 e. The molecule has 2 saturated heterocycles. The Morgan fingerprint density at radius 1 is 1.11 bits per heavy atom. The molecule has 0 radical (unpaired) electrons. The number of nitrogens with one attached hydrogen (secondary N) is 1. The molecule has 1 aromatic heterocycles. The van der Waals surface area contributed by atoms with Crippen LogP contribution in [0.2, 0.25) is 0 Å². The number of anilines is 1. The van der Waals surface area contributed by atoms with E-state index < -0.39 is 12.6 Å². The van der Waals surface area contributed by atoms with Gasteiger partial charge >= 0.3 is 12.6 Å². The van der Waals surface area contributed by atoms with Gasteiger partial charge in [0.1, 0.15) is 17.3 Å². The van der Waals surface area contributed by atoms with Gasteiger partial charge in [0.05, 0.1) is 25.5 Å². The van der Waals surface area contributed by atoms with Crippen molar-refractivity contribution in [2.75, 3.05) is 18.6 Å². The number of nitrogens with zero attached hydrogens (tertiary/aromatic N) is 2. The van der Waals surface area contributed by atoms with Crippen LogP contribution in [0.4, 0.5) is 14.6 Å². The maximum Gasteiger partial charge on any atom is 0.387 e. The second kappa shape index (κ2) is 11.1. The number of alkyl halides is 2. The van der Waals surface area contributed by atoms with E-state index in [0.717, 1.165) is 44.3 Å². The Bertz CT molecular complexity index is 1220. The van der Waals surface area contributed by atoms with E-state index in [1.54, 1.807) is 24.3 Å². The fraction of sp³-hybridized carbons (Fsp3) is 0.464. The van der Waals surface area contributed by atoms with Gasteiger partial charge in [0.2, 0.25) is 0 Å². The Morgan fingerprint density at radius 3 is 2.47 bits per heavy atom. The Morgan fingerprint density at radius 2 is 1.82 bits per heavy atom. The van der Waals surface area contributed by atoms with Gasteiger partial charge < -0.3 is 24.2 Å². The number of aliphatic hydroxyl groups is 1. The Labute approximate surface area is 219 Å². The number of carbonyl (C=O) groups excluding carboxylic acids is 1. The van der Waals surface area contributed by atoms with E-state index in [-0.39, 0.29) is 59.2 Å². The van der Waals surface area contributed by atoms with Gasteiger partial charge in [-0.2, -0.15) is 8.78 Å². The molecule has 2 unspecified atom stereocenters. The van der Waals surface area contributed by atoms with Gasteiger partial charge in [-0.15, -0.1) is 0 Å². The number of aliphatic hydroxyl groups excluding tert-OH is 1. The number of ether oxygens (including phenoxy) is 3. The molecule has 1 aliphatic carbocycles. The molecule has 5 rings (SSSR count). The lowest BCUT2D eigenvalue weighted by molar-refractivity contribution is -0.0499. The first kappa shape index (κ1) is 26.1. The minimum atomic E-state index is -3.02. The highest BCUT2D eigenvalue weighted by molar-refractivity contribution is 6.12. The number of benzene rings is 1. The van der Waals surface area contributed by atoms with E-state index in [0.29, 0.717) is 5.57 Å². The van der Waals surface area contributed by atoms with Crippen molar-refractivity contribution in [1.29, 1.82) is 5.41 Å². The molecule has 3 fully saturated rings. The first-order valence-corrected chi connectivity index (χ1v) is 12.9. The highest BCUT2D eigenvalue weighted by atomic mass is 19.3. The van der Waals surface area contributed by atoms with Gasteiger partial charge in [0, 0.05) is 29.1 Å². The van der Waals surface area contributed by atoms with Gasteiger partial charge in [-0.05, 0) is 62.8 Å². The van der Waals surface area contributed by atoms with Crippen LogP contribution < -0.4 is 9.64 Å². The summed E-state index contributed by atoms with van der Waals surface area (Å²) in [4.78, 5) is 18.7. The molecule has 1 saturated carbocycles. The molecule has 10 heteroatoms. The number of esters is 1. The zero-order valence-electron chi connectivity index (χ0n) is 21.1. The van der Waals surface area contributed by atoms with Gasteiger partial charge in [-0.3, -0.25) is 5.41 Å². The van der Waals surface area contributed by atoms with Gasteiger partial charge in [0.25, 0.3) is 0 Å². The summed E-state index contributed by atoms with van der Waals surface area (Å²) >= 11 is 0. The molecule has 3 atom stereocenters. The average molecular weight is 528 g/mol. The monoisotopic (exact) mass is 527 g/mol. The number of piperidine rings is 1. The molecule has 38 heavy (non-hydrogen) atoms. The third kappa shape index (κ3) is 5.50. The number of para-hydroxylation sites is 1. The van der Waals surface area contributed by atoms with Crippen LogP contribution in [0.5, 0.6) is 5.75 Å². The van der Waals surface area contributed by atoms with Gasteiger partial charge in [-0.1, -0.05) is 18.2 Å². The van der Waals surface area contributed by atoms with Crippen molar-refractivity contribution < 1.29 is 32.9 Å². The maximum absolute atomic E-state index is 13.0. The van der Waals surface area contributed by atoms with Crippen LogP contribution in [0.3, 0.4) is 0 Å². The van der Waals surface area contributed by atoms with Crippen LogP contribution in [0.25, 0.3) is 0 Å². The van der Waals surface area contributed by atoms with E-state index in [2.05, 4.69) is 14.6 Å². The molecule has 2 N–H and O–H groups in total. The summed E-state index contributed by atoms with van der Waals surface area (Å²) in [5, 5.41) is 19.7. The summed E-state index contributed by atoms with van der Waals surface area (Å²) in [5.74, 6) is 0.203. The number of rotatable bonds is 10. The quantitative estimate of drug-likeness (QED) is 0.246. The topological polar surface area (TPSA) is 105 Å². The Hall–Kier alpha value is -3.53. The number of halogens is 2. The molecule has 3 aliphatic rings. The number of pyridine rings is 1. The van der Waals surface area contributed by atoms with Crippen molar-refractivity contribution in [3.8, 4) is 5.75 Å². The highest BCUT2D eigenvalue weighted by Gasteiger charge is 2.42. The van der Waals surface area contributed by atoms with Crippen molar-refractivity contribution in [3.63, 3.8) is 0 Å². The van der Waals surface area contributed by atoms with E-state index >= 15 is 0 Å². The van der Waals surface area contributed by atoms with Crippen molar-refractivity contribution in [2.45, 2.75) is 63.3 Å². The normalized spacial score (nSPS) is 23.3.